The molecular formula is C13H18N2O2. The average molecular weight is 234 g/mol. The fraction of sp³-hybridized carbons (Fsp3) is 0.308. The zero-order valence-corrected chi connectivity index (χ0v) is 10.4. The summed E-state index contributed by atoms with van der Waals surface area (Å²) in [5, 5.41) is 2.83. The molecular weight excluding hydrogens is 216 g/mol. The highest BCUT2D eigenvalue weighted by molar-refractivity contribution is 5.88. The van der Waals surface area contributed by atoms with Crippen LogP contribution in [-0.2, 0) is 4.79 Å². The molecule has 1 amide bonds. The predicted molar refractivity (Wildman–Crippen MR) is 67.5 cm³/mol. The van der Waals surface area contributed by atoms with Gasteiger partial charge in [0.1, 0.15) is 5.75 Å². The molecule has 92 valence electrons. The first kappa shape index (κ1) is 13.1. The number of nitrogens with one attached hydrogen (secondary N) is 1. The number of rotatable bonds is 4. The van der Waals surface area contributed by atoms with Crippen LogP contribution in [0.3, 0.4) is 0 Å². The van der Waals surface area contributed by atoms with E-state index in [0.29, 0.717) is 5.70 Å². The van der Waals surface area contributed by atoms with Crippen molar-refractivity contribution in [2.24, 2.45) is 5.73 Å². The van der Waals surface area contributed by atoms with Crippen molar-refractivity contribution in [3.05, 3.63) is 41.6 Å². The van der Waals surface area contributed by atoms with Crippen LogP contribution in [0.25, 0.3) is 0 Å². The van der Waals surface area contributed by atoms with Gasteiger partial charge in [-0.3, -0.25) is 4.79 Å². The van der Waals surface area contributed by atoms with Gasteiger partial charge in [0.2, 0.25) is 5.91 Å². The van der Waals surface area contributed by atoms with Crippen LogP contribution in [0, 0.1) is 0 Å². The number of nitrogens with two attached hydrogens (primary N) is 1. The van der Waals surface area contributed by atoms with Gasteiger partial charge in [0.15, 0.2) is 0 Å². The molecule has 0 fully saturated rings. The molecule has 4 nitrogen and oxygen atoms in total. The van der Waals surface area contributed by atoms with Gasteiger partial charge in [0, 0.05) is 11.8 Å². The Morgan fingerprint density at radius 2 is 2.00 bits per heavy atom. The highest BCUT2D eigenvalue weighted by atomic mass is 16.5. The minimum absolute atomic E-state index is 0.0657. The second-order valence-corrected chi connectivity index (χ2v) is 3.89. The molecule has 3 N–H and O–H groups in total. The van der Waals surface area contributed by atoms with Crippen molar-refractivity contribution in [2.75, 3.05) is 7.11 Å². The molecule has 0 spiro atoms. The van der Waals surface area contributed by atoms with Crippen molar-refractivity contribution in [3.8, 4) is 5.75 Å². The Balaban J connectivity index is 2.66. The van der Waals surface area contributed by atoms with E-state index in [4.69, 9.17) is 10.5 Å². The molecule has 0 radical (unpaired) electrons. The maximum Gasteiger partial charge on any atom is 0.246 e. The smallest absolute Gasteiger partial charge is 0.246 e. The standard InChI is InChI=1S/C13H18N2O2/c1-9(14)8-13(16)15-10(2)11-4-6-12(17-3)7-5-11/h4-8,10H,14H2,1-3H3,(H,15,16)/t10-/m0/s1. The van der Waals surface area contributed by atoms with Crippen LogP contribution >= 0.6 is 0 Å². The molecule has 1 aromatic rings. The van der Waals surface area contributed by atoms with Crippen LogP contribution in [0.15, 0.2) is 36.0 Å². The summed E-state index contributed by atoms with van der Waals surface area (Å²) < 4.78 is 5.07. The first-order valence-electron chi connectivity index (χ1n) is 5.41. The summed E-state index contributed by atoms with van der Waals surface area (Å²) in [5.41, 5.74) is 6.94. The Morgan fingerprint density at radius 1 is 1.41 bits per heavy atom. The van der Waals surface area contributed by atoms with Gasteiger partial charge in [-0.05, 0) is 31.5 Å². The molecule has 0 unspecified atom stereocenters. The number of allylic oxidation sites excluding steroid dienone is 1. The van der Waals surface area contributed by atoms with E-state index in [1.54, 1.807) is 14.0 Å². The van der Waals surface area contributed by atoms with Crippen LogP contribution in [0.1, 0.15) is 25.5 Å². The normalized spacial score (nSPS) is 13.0. The zero-order valence-electron chi connectivity index (χ0n) is 10.4. The van der Waals surface area contributed by atoms with Gasteiger partial charge < -0.3 is 15.8 Å². The monoisotopic (exact) mass is 234 g/mol. The maximum atomic E-state index is 11.5. The Morgan fingerprint density at radius 3 is 2.47 bits per heavy atom. The van der Waals surface area contributed by atoms with Crippen LogP contribution in [0.4, 0.5) is 0 Å². The lowest BCUT2D eigenvalue weighted by molar-refractivity contribution is -0.117. The third-order valence-corrected chi connectivity index (χ3v) is 2.33. The lowest BCUT2D eigenvalue weighted by Gasteiger charge is -2.13. The van der Waals surface area contributed by atoms with E-state index < -0.39 is 0 Å². The van der Waals surface area contributed by atoms with Crippen LogP contribution < -0.4 is 15.8 Å². The quantitative estimate of drug-likeness (QED) is 0.780. The average Bonchev–Trinajstić information content (AvgIpc) is 2.28. The van der Waals surface area contributed by atoms with Crippen molar-refractivity contribution in [1.29, 1.82) is 0 Å². The summed E-state index contributed by atoms with van der Waals surface area (Å²) in [6.45, 7) is 3.59. The van der Waals surface area contributed by atoms with Gasteiger partial charge in [0.25, 0.3) is 0 Å². The highest BCUT2D eigenvalue weighted by Gasteiger charge is 2.07. The minimum atomic E-state index is -0.187. The van der Waals surface area contributed by atoms with Gasteiger partial charge in [-0.25, -0.2) is 0 Å². The number of methoxy groups -OCH3 is 1. The van der Waals surface area contributed by atoms with E-state index in [1.807, 2.05) is 31.2 Å². The Bertz CT molecular complexity index is 406. The molecule has 1 aromatic carbocycles. The second kappa shape index (κ2) is 5.94. The van der Waals surface area contributed by atoms with Crippen LogP contribution in [-0.4, -0.2) is 13.0 Å². The van der Waals surface area contributed by atoms with Gasteiger partial charge in [0.05, 0.1) is 13.2 Å². The molecule has 0 heterocycles. The van der Waals surface area contributed by atoms with Crippen molar-refractivity contribution in [2.45, 2.75) is 19.9 Å². The summed E-state index contributed by atoms with van der Waals surface area (Å²) in [4.78, 5) is 11.5. The predicted octanol–water partition coefficient (Wildman–Crippen LogP) is 1.73. The third-order valence-electron chi connectivity index (χ3n) is 2.33. The van der Waals surface area contributed by atoms with E-state index in [9.17, 15) is 4.79 Å². The lowest BCUT2D eigenvalue weighted by atomic mass is 10.1. The van der Waals surface area contributed by atoms with E-state index in [2.05, 4.69) is 5.32 Å². The number of hydrogen-bond donors (Lipinski definition) is 2. The molecule has 0 aromatic heterocycles. The van der Waals surface area contributed by atoms with E-state index in [1.165, 1.54) is 6.08 Å². The molecule has 4 heteroatoms. The first-order chi connectivity index (χ1) is 8.02. The highest BCUT2D eigenvalue weighted by Crippen LogP contribution is 2.17. The third kappa shape index (κ3) is 4.18. The molecule has 0 bridgehead atoms. The van der Waals surface area contributed by atoms with Crippen molar-refractivity contribution in [1.82, 2.24) is 5.32 Å². The fourth-order valence-corrected chi connectivity index (χ4v) is 1.44. The molecule has 1 rings (SSSR count). The number of amides is 1. The number of carbonyl (C=O) groups excluding carboxylic acids is 1. The van der Waals surface area contributed by atoms with Gasteiger partial charge in [-0.15, -0.1) is 0 Å². The molecule has 0 aliphatic rings. The van der Waals surface area contributed by atoms with Gasteiger partial charge in [-0.2, -0.15) is 0 Å². The number of benzene rings is 1. The number of ether oxygens (including phenoxy) is 1. The van der Waals surface area contributed by atoms with E-state index >= 15 is 0 Å². The molecule has 0 aliphatic carbocycles. The summed E-state index contributed by atoms with van der Waals surface area (Å²) in [6.07, 6.45) is 1.38. The molecule has 17 heavy (non-hydrogen) atoms. The SMILES string of the molecule is COc1ccc([C@H](C)NC(=O)C=C(C)N)cc1. The molecule has 0 aliphatic heterocycles. The lowest BCUT2D eigenvalue weighted by Crippen LogP contribution is -2.25. The molecule has 0 saturated heterocycles. The molecule has 1 atom stereocenters. The van der Waals surface area contributed by atoms with Gasteiger partial charge in [-0.1, -0.05) is 12.1 Å². The summed E-state index contributed by atoms with van der Waals surface area (Å²) >= 11 is 0. The zero-order chi connectivity index (χ0) is 12.8. The minimum Gasteiger partial charge on any atom is -0.497 e. The fourth-order valence-electron chi connectivity index (χ4n) is 1.44. The number of hydrogen-bond acceptors (Lipinski definition) is 3. The van der Waals surface area contributed by atoms with E-state index in [0.717, 1.165) is 11.3 Å². The maximum absolute atomic E-state index is 11.5. The van der Waals surface area contributed by atoms with Crippen LogP contribution in [0.5, 0.6) is 5.75 Å². The topological polar surface area (TPSA) is 64.3 Å². The van der Waals surface area contributed by atoms with Crippen molar-refractivity contribution < 1.29 is 9.53 Å². The molecule has 0 saturated carbocycles. The Labute approximate surface area is 101 Å². The summed E-state index contributed by atoms with van der Waals surface area (Å²) in [5.74, 6) is 0.610. The summed E-state index contributed by atoms with van der Waals surface area (Å²) in [6, 6.07) is 7.50. The summed E-state index contributed by atoms with van der Waals surface area (Å²) in [7, 11) is 1.62. The van der Waals surface area contributed by atoms with Crippen molar-refractivity contribution >= 4 is 5.91 Å². The van der Waals surface area contributed by atoms with E-state index in [-0.39, 0.29) is 11.9 Å². The second-order valence-electron chi connectivity index (χ2n) is 3.89. The van der Waals surface area contributed by atoms with Gasteiger partial charge >= 0.3 is 0 Å². The largest absolute Gasteiger partial charge is 0.497 e. The Hall–Kier alpha value is -1.97. The van der Waals surface area contributed by atoms with Crippen LogP contribution in [0.2, 0.25) is 0 Å². The first-order valence-corrected chi connectivity index (χ1v) is 5.41. The number of carbonyl (C=O) groups is 1. The van der Waals surface area contributed by atoms with Crippen molar-refractivity contribution in [3.63, 3.8) is 0 Å². The Kier molecular flexibility index (Phi) is 4.57.